The zero-order valence-electron chi connectivity index (χ0n) is 14.0. The van der Waals surface area contributed by atoms with E-state index in [1.54, 1.807) is 31.2 Å². The molecule has 0 fully saturated rings. The molecule has 0 unspecified atom stereocenters. The minimum atomic E-state index is -4.48. The fourth-order valence-corrected chi connectivity index (χ4v) is 3.95. The van der Waals surface area contributed by atoms with Crippen molar-refractivity contribution in [2.75, 3.05) is 10.5 Å². The summed E-state index contributed by atoms with van der Waals surface area (Å²) in [6.45, 7) is 1.76. The fourth-order valence-electron chi connectivity index (χ4n) is 1.93. The van der Waals surface area contributed by atoms with Crippen LogP contribution < -0.4 is 13.6 Å². The smallest absolute Gasteiger partial charge is 0.416 e. The minimum Gasteiger partial charge on any atom is -0.456 e. The number of rotatable bonds is 8. The largest absolute Gasteiger partial charge is 0.456 e. The first-order valence-corrected chi connectivity index (χ1v) is 10.5. The van der Waals surface area contributed by atoms with Crippen LogP contribution in [0.1, 0.15) is 18.9 Å². The van der Waals surface area contributed by atoms with E-state index in [0.29, 0.717) is 17.9 Å². The molecule has 0 spiro atoms. The number of anilines is 1. The van der Waals surface area contributed by atoms with E-state index in [4.69, 9.17) is 16.3 Å². The molecule has 2 N–H and O–H groups in total. The van der Waals surface area contributed by atoms with Crippen LogP contribution in [0.4, 0.5) is 18.9 Å². The Morgan fingerprint density at radius 3 is 2.37 bits per heavy atom. The van der Waals surface area contributed by atoms with E-state index in [2.05, 4.69) is 8.85 Å². The van der Waals surface area contributed by atoms with Crippen molar-refractivity contribution in [2.45, 2.75) is 19.5 Å². The average molecular weight is 441 g/mol. The second kappa shape index (κ2) is 9.05. The van der Waals surface area contributed by atoms with E-state index < -0.39 is 21.8 Å². The molecule has 0 saturated carbocycles. The Labute approximate surface area is 164 Å². The summed E-state index contributed by atoms with van der Waals surface area (Å²) < 4.78 is 71.6. The molecular formula is C16H16ClF3N2O3S2. The van der Waals surface area contributed by atoms with E-state index >= 15 is 0 Å². The van der Waals surface area contributed by atoms with E-state index in [0.717, 1.165) is 30.3 Å². The molecule has 0 amide bonds. The van der Waals surface area contributed by atoms with Gasteiger partial charge in [0.25, 0.3) is 0 Å². The summed E-state index contributed by atoms with van der Waals surface area (Å²) in [7, 11) is -3.34. The first-order chi connectivity index (χ1) is 12.6. The fraction of sp³-hybridized carbons (Fsp3) is 0.250. The van der Waals surface area contributed by atoms with Crippen molar-refractivity contribution in [1.29, 1.82) is 0 Å². The summed E-state index contributed by atoms with van der Waals surface area (Å²) in [5.41, 5.74) is -0.257. The molecule has 0 heterocycles. The molecule has 2 aromatic rings. The van der Waals surface area contributed by atoms with Gasteiger partial charge in [-0.1, -0.05) is 18.5 Å². The van der Waals surface area contributed by atoms with Gasteiger partial charge in [-0.15, -0.1) is 4.13 Å². The molecule has 5 nitrogen and oxygen atoms in total. The monoisotopic (exact) mass is 440 g/mol. The van der Waals surface area contributed by atoms with Crippen LogP contribution in [0.25, 0.3) is 0 Å². The lowest BCUT2D eigenvalue weighted by Crippen LogP contribution is -2.21. The lowest BCUT2D eigenvalue weighted by molar-refractivity contribution is -0.137. The van der Waals surface area contributed by atoms with Crippen LogP contribution in [0.15, 0.2) is 42.5 Å². The van der Waals surface area contributed by atoms with Crippen molar-refractivity contribution < 1.29 is 26.3 Å². The highest BCUT2D eigenvalue weighted by Gasteiger charge is 2.31. The Morgan fingerprint density at radius 1 is 1.15 bits per heavy atom. The van der Waals surface area contributed by atoms with Crippen LogP contribution in [-0.4, -0.2) is 14.2 Å². The number of halogens is 4. The summed E-state index contributed by atoms with van der Waals surface area (Å²) in [6, 6.07) is 9.20. The van der Waals surface area contributed by atoms with Crippen LogP contribution in [-0.2, 0) is 16.2 Å². The van der Waals surface area contributed by atoms with Crippen LogP contribution in [0.3, 0.4) is 0 Å². The highest BCUT2D eigenvalue weighted by molar-refractivity contribution is 8.09. The van der Waals surface area contributed by atoms with E-state index in [-0.39, 0.29) is 16.5 Å². The van der Waals surface area contributed by atoms with Crippen molar-refractivity contribution in [3.05, 3.63) is 53.1 Å². The molecule has 0 radical (unpaired) electrons. The predicted octanol–water partition coefficient (Wildman–Crippen LogP) is 5.46. The number of nitrogens with one attached hydrogen (secondary N) is 2. The van der Waals surface area contributed by atoms with E-state index in [1.807, 2.05) is 0 Å². The van der Waals surface area contributed by atoms with Crippen molar-refractivity contribution in [3.63, 3.8) is 0 Å². The quantitative estimate of drug-likeness (QED) is 0.534. The van der Waals surface area contributed by atoms with Crippen LogP contribution in [0, 0.1) is 0 Å². The summed E-state index contributed by atoms with van der Waals surface area (Å²) in [5.74, 6) is 0.480. The maximum Gasteiger partial charge on any atom is 0.416 e. The zero-order valence-corrected chi connectivity index (χ0v) is 16.4. The molecule has 0 bridgehead atoms. The van der Waals surface area contributed by atoms with Gasteiger partial charge < -0.3 is 9.46 Å². The van der Waals surface area contributed by atoms with Crippen LogP contribution >= 0.6 is 23.7 Å². The summed E-state index contributed by atoms with van der Waals surface area (Å²) >= 11 is 6.66. The van der Waals surface area contributed by atoms with Gasteiger partial charge in [-0.25, -0.2) is 8.42 Å². The topological polar surface area (TPSA) is 67.4 Å². The van der Waals surface area contributed by atoms with Gasteiger partial charge in [-0.3, -0.25) is 0 Å². The first-order valence-electron chi connectivity index (χ1n) is 7.67. The van der Waals surface area contributed by atoms with Gasteiger partial charge in [0.1, 0.15) is 11.5 Å². The highest BCUT2D eigenvalue weighted by Crippen LogP contribution is 2.36. The van der Waals surface area contributed by atoms with E-state index in [1.165, 1.54) is 0 Å². The third-order valence-electron chi connectivity index (χ3n) is 3.15. The summed E-state index contributed by atoms with van der Waals surface area (Å²) in [4.78, 5) is 0. The Bertz CT molecular complexity index is 875. The maximum absolute atomic E-state index is 12.6. The first kappa shape index (κ1) is 21.7. The zero-order chi connectivity index (χ0) is 20.1. The van der Waals surface area contributed by atoms with Gasteiger partial charge in [0.2, 0.25) is 10.0 Å². The molecule has 2 aromatic carbocycles. The Kier molecular flexibility index (Phi) is 7.26. The van der Waals surface area contributed by atoms with Gasteiger partial charge in [-0.2, -0.15) is 13.2 Å². The summed E-state index contributed by atoms with van der Waals surface area (Å²) in [5, 5.41) is -0.159. The second-order valence-electron chi connectivity index (χ2n) is 5.38. The van der Waals surface area contributed by atoms with Gasteiger partial charge in [0.05, 0.1) is 16.3 Å². The Hall–Kier alpha value is -1.62. The lowest BCUT2D eigenvalue weighted by atomic mass is 10.2. The number of hydrogen-bond acceptors (Lipinski definition) is 5. The second-order valence-corrected chi connectivity index (χ2v) is 8.50. The van der Waals surface area contributed by atoms with Crippen LogP contribution in [0.5, 0.6) is 11.5 Å². The number of hydrogen-bond donors (Lipinski definition) is 2. The Balaban J connectivity index is 1.96. The molecule has 2 rings (SSSR count). The predicted molar refractivity (Wildman–Crippen MR) is 101 cm³/mol. The number of sulfonamides is 1. The lowest BCUT2D eigenvalue weighted by Gasteiger charge is -2.12. The van der Waals surface area contributed by atoms with E-state index in [9.17, 15) is 21.6 Å². The van der Waals surface area contributed by atoms with Gasteiger partial charge in [0, 0.05) is 17.8 Å². The number of ether oxygens (including phenoxy) is 1. The third kappa shape index (κ3) is 6.80. The number of benzene rings is 2. The molecular weight excluding hydrogens is 425 g/mol. The molecule has 11 heteroatoms. The normalized spacial score (nSPS) is 12.0. The molecule has 0 aliphatic carbocycles. The minimum absolute atomic E-state index is 0.0301. The third-order valence-corrected chi connectivity index (χ3v) is 6.08. The standard InChI is InChI=1S/C16H16ClF3N2O3S2/c1-2-9-27(23,24)22-26-21-12-4-6-13(7-5-12)25-15-8-3-11(10-14(15)17)16(18,19)20/h3-8,10,21-22H,2,9H2,1H3. The molecule has 148 valence electrons. The van der Waals surface area contributed by atoms with Gasteiger partial charge in [-0.05, 0) is 48.9 Å². The highest BCUT2D eigenvalue weighted by atomic mass is 35.5. The SMILES string of the molecule is CCCS(=O)(=O)NSNc1ccc(Oc2ccc(C(F)(F)F)cc2Cl)cc1. The molecule has 0 atom stereocenters. The van der Waals surface area contributed by atoms with Crippen molar-refractivity contribution in [2.24, 2.45) is 0 Å². The molecule has 0 aliphatic rings. The van der Waals surface area contributed by atoms with Gasteiger partial charge >= 0.3 is 6.18 Å². The van der Waals surface area contributed by atoms with Crippen molar-refractivity contribution in [3.8, 4) is 11.5 Å². The average Bonchev–Trinajstić information content (AvgIpc) is 2.57. The summed E-state index contributed by atoms with van der Waals surface area (Å²) in [6.07, 6.45) is -3.97. The maximum atomic E-state index is 12.6. The van der Waals surface area contributed by atoms with Crippen molar-refractivity contribution >= 4 is 39.4 Å². The molecule has 27 heavy (non-hydrogen) atoms. The van der Waals surface area contributed by atoms with Crippen molar-refractivity contribution in [1.82, 2.24) is 4.13 Å². The van der Waals surface area contributed by atoms with Gasteiger partial charge in [0.15, 0.2) is 0 Å². The molecule has 0 saturated heterocycles. The van der Waals surface area contributed by atoms with Crippen LogP contribution in [0.2, 0.25) is 5.02 Å². The molecule has 0 aliphatic heterocycles. The molecule has 0 aromatic heterocycles. The number of alkyl halides is 3. The Morgan fingerprint density at radius 2 is 1.81 bits per heavy atom.